The smallest absolute Gasteiger partial charge is 0.398 e. The highest BCUT2D eigenvalue weighted by atomic mass is 35.5. The van der Waals surface area contributed by atoms with Crippen molar-refractivity contribution in [3.05, 3.63) is 28.8 Å². The molecular formula is C13H15ClF3NO. The van der Waals surface area contributed by atoms with Crippen LogP contribution in [0.15, 0.2) is 18.2 Å². The number of rotatable bonds is 4. The quantitative estimate of drug-likeness (QED) is 0.828. The van der Waals surface area contributed by atoms with Crippen molar-refractivity contribution in [3.63, 3.8) is 0 Å². The van der Waals surface area contributed by atoms with Gasteiger partial charge in [-0.2, -0.15) is 13.2 Å². The molecular weight excluding hydrogens is 279 g/mol. The van der Waals surface area contributed by atoms with Crippen molar-refractivity contribution in [1.29, 1.82) is 0 Å². The van der Waals surface area contributed by atoms with Crippen molar-refractivity contribution in [1.82, 2.24) is 0 Å². The SMILES string of the molecule is Nc1ccc(Cl)cc1[C@@](O)(CCC1CC1)C(F)(F)F. The molecule has 1 aromatic carbocycles. The molecule has 0 spiro atoms. The van der Waals surface area contributed by atoms with Crippen LogP contribution in [0, 0.1) is 5.92 Å². The van der Waals surface area contributed by atoms with E-state index in [1.54, 1.807) is 0 Å². The first-order chi connectivity index (χ1) is 8.74. The summed E-state index contributed by atoms with van der Waals surface area (Å²) in [6.45, 7) is 0. The molecule has 0 radical (unpaired) electrons. The first kappa shape index (κ1) is 14.5. The fourth-order valence-electron chi connectivity index (χ4n) is 2.14. The van der Waals surface area contributed by atoms with Gasteiger partial charge in [-0.15, -0.1) is 0 Å². The minimum Gasteiger partial charge on any atom is -0.398 e. The molecule has 2 rings (SSSR count). The molecule has 19 heavy (non-hydrogen) atoms. The Bertz CT molecular complexity index is 473. The number of hydrogen-bond donors (Lipinski definition) is 2. The van der Waals surface area contributed by atoms with Gasteiger partial charge in [0.2, 0.25) is 0 Å². The summed E-state index contributed by atoms with van der Waals surface area (Å²) in [6, 6.07) is 3.78. The second kappa shape index (κ2) is 4.87. The fraction of sp³-hybridized carbons (Fsp3) is 0.538. The Morgan fingerprint density at radius 3 is 2.47 bits per heavy atom. The standard InChI is InChI=1S/C13H15ClF3NO/c14-9-3-4-11(18)10(7-9)12(19,13(15,16)17)6-5-8-1-2-8/h3-4,7-8,19H,1-2,5-6,18H2/t12-/m0/s1. The van der Waals surface area contributed by atoms with Crippen LogP contribution >= 0.6 is 11.6 Å². The minimum absolute atomic E-state index is 0.0972. The molecule has 1 saturated carbocycles. The number of benzene rings is 1. The Labute approximate surface area is 114 Å². The number of nitrogen functional groups attached to an aromatic ring is 1. The molecule has 0 unspecified atom stereocenters. The normalized spacial score (nSPS) is 19.2. The van der Waals surface area contributed by atoms with E-state index in [0.29, 0.717) is 6.42 Å². The zero-order valence-corrected chi connectivity index (χ0v) is 10.9. The van der Waals surface area contributed by atoms with Gasteiger partial charge in [0.15, 0.2) is 5.60 Å². The fourth-order valence-corrected chi connectivity index (χ4v) is 2.31. The maximum absolute atomic E-state index is 13.2. The summed E-state index contributed by atoms with van der Waals surface area (Å²) >= 11 is 5.71. The zero-order valence-electron chi connectivity index (χ0n) is 10.2. The van der Waals surface area contributed by atoms with Crippen LogP contribution in [0.2, 0.25) is 5.02 Å². The van der Waals surface area contributed by atoms with Crippen LogP contribution in [-0.4, -0.2) is 11.3 Å². The lowest BCUT2D eigenvalue weighted by Crippen LogP contribution is -2.43. The molecule has 1 aliphatic rings. The van der Waals surface area contributed by atoms with Crippen molar-refractivity contribution in [2.45, 2.75) is 37.5 Å². The molecule has 1 aliphatic carbocycles. The number of nitrogens with two attached hydrogens (primary N) is 1. The lowest BCUT2D eigenvalue weighted by Gasteiger charge is -2.32. The van der Waals surface area contributed by atoms with E-state index in [1.807, 2.05) is 0 Å². The Balaban J connectivity index is 2.37. The molecule has 106 valence electrons. The highest BCUT2D eigenvalue weighted by molar-refractivity contribution is 6.30. The van der Waals surface area contributed by atoms with E-state index in [9.17, 15) is 18.3 Å². The van der Waals surface area contributed by atoms with Gasteiger partial charge >= 0.3 is 6.18 Å². The molecule has 1 fully saturated rings. The van der Waals surface area contributed by atoms with E-state index in [4.69, 9.17) is 17.3 Å². The molecule has 0 aromatic heterocycles. The molecule has 0 heterocycles. The summed E-state index contributed by atoms with van der Waals surface area (Å²) in [4.78, 5) is 0. The van der Waals surface area contributed by atoms with Gasteiger partial charge in [-0.25, -0.2) is 0 Å². The second-order valence-electron chi connectivity index (χ2n) is 5.07. The molecule has 0 aliphatic heterocycles. The van der Waals surface area contributed by atoms with Crippen LogP contribution in [0.1, 0.15) is 31.2 Å². The maximum atomic E-state index is 13.2. The molecule has 1 aromatic rings. The molecule has 0 saturated heterocycles. The third-order valence-corrected chi connectivity index (χ3v) is 3.78. The van der Waals surface area contributed by atoms with Crippen LogP contribution in [0.25, 0.3) is 0 Å². The number of anilines is 1. The highest BCUT2D eigenvalue weighted by Gasteiger charge is 2.55. The van der Waals surface area contributed by atoms with Crippen molar-refractivity contribution in [2.24, 2.45) is 5.92 Å². The van der Waals surface area contributed by atoms with E-state index in [1.165, 1.54) is 12.1 Å². The molecule has 2 nitrogen and oxygen atoms in total. The van der Waals surface area contributed by atoms with E-state index < -0.39 is 11.8 Å². The van der Waals surface area contributed by atoms with E-state index >= 15 is 0 Å². The lowest BCUT2D eigenvalue weighted by atomic mass is 9.86. The van der Waals surface area contributed by atoms with E-state index in [2.05, 4.69) is 0 Å². The average molecular weight is 294 g/mol. The van der Waals surface area contributed by atoms with Gasteiger partial charge in [0, 0.05) is 16.3 Å². The summed E-state index contributed by atoms with van der Waals surface area (Å²) in [5.41, 5.74) is 2.20. The van der Waals surface area contributed by atoms with Crippen molar-refractivity contribution in [2.75, 3.05) is 5.73 Å². The number of halogens is 4. The van der Waals surface area contributed by atoms with Gasteiger partial charge in [-0.05, 0) is 37.0 Å². The first-order valence-corrected chi connectivity index (χ1v) is 6.46. The minimum atomic E-state index is -4.78. The average Bonchev–Trinajstić information content (AvgIpc) is 3.11. The molecule has 1 atom stereocenters. The summed E-state index contributed by atoms with van der Waals surface area (Å²) in [7, 11) is 0. The van der Waals surface area contributed by atoms with Crippen LogP contribution < -0.4 is 5.73 Å². The Hall–Kier alpha value is -0.940. The van der Waals surface area contributed by atoms with Crippen molar-refractivity contribution in [3.8, 4) is 0 Å². The van der Waals surface area contributed by atoms with Crippen LogP contribution in [0.4, 0.5) is 18.9 Å². The van der Waals surface area contributed by atoms with Gasteiger partial charge in [0.25, 0.3) is 0 Å². The van der Waals surface area contributed by atoms with Crippen molar-refractivity contribution >= 4 is 17.3 Å². The van der Waals surface area contributed by atoms with Gasteiger partial charge < -0.3 is 10.8 Å². The first-order valence-electron chi connectivity index (χ1n) is 6.08. The predicted molar refractivity (Wildman–Crippen MR) is 67.8 cm³/mol. The monoisotopic (exact) mass is 293 g/mol. The third kappa shape index (κ3) is 2.98. The topological polar surface area (TPSA) is 46.2 Å². The maximum Gasteiger partial charge on any atom is 0.421 e. The summed E-state index contributed by atoms with van der Waals surface area (Å²) in [6.07, 6.45) is -2.97. The van der Waals surface area contributed by atoms with E-state index in [0.717, 1.165) is 18.9 Å². The summed E-state index contributed by atoms with van der Waals surface area (Å²) < 4.78 is 39.7. The summed E-state index contributed by atoms with van der Waals surface area (Å²) in [5, 5.41) is 10.3. The lowest BCUT2D eigenvalue weighted by molar-refractivity contribution is -0.269. The Kier molecular flexibility index (Phi) is 3.71. The number of aliphatic hydroxyl groups is 1. The third-order valence-electron chi connectivity index (χ3n) is 3.54. The highest BCUT2D eigenvalue weighted by Crippen LogP contribution is 2.47. The number of hydrogen-bond acceptors (Lipinski definition) is 2. The number of alkyl halides is 3. The Morgan fingerprint density at radius 2 is 1.95 bits per heavy atom. The van der Waals surface area contributed by atoms with Gasteiger partial charge in [-0.3, -0.25) is 0 Å². The summed E-state index contributed by atoms with van der Waals surface area (Å²) in [5.74, 6) is 0.286. The Morgan fingerprint density at radius 1 is 1.32 bits per heavy atom. The molecule has 0 amide bonds. The molecule has 3 N–H and O–H groups in total. The molecule has 6 heteroatoms. The van der Waals surface area contributed by atoms with Gasteiger partial charge in [0.1, 0.15) is 0 Å². The second-order valence-corrected chi connectivity index (χ2v) is 5.51. The van der Waals surface area contributed by atoms with Gasteiger partial charge in [0.05, 0.1) is 0 Å². The van der Waals surface area contributed by atoms with Crippen LogP contribution in [-0.2, 0) is 5.60 Å². The van der Waals surface area contributed by atoms with E-state index in [-0.39, 0.29) is 28.6 Å². The van der Waals surface area contributed by atoms with Crippen LogP contribution in [0.5, 0.6) is 0 Å². The van der Waals surface area contributed by atoms with Gasteiger partial charge in [-0.1, -0.05) is 24.4 Å². The van der Waals surface area contributed by atoms with Crippen molar-refractivity contribution < 1.29 is 18.3 Å². The molecule has 0 bridgehead atoms. The zero-order chi connectivity index (χ0) is 14.3. The largest absolute Gasteiger partial charge is 0.421 e. The predicted octanol–water partition coefficient (Wildman–Crippen LogP) is 3.86. The van der Waals surface area contributed by atoms with Crippen LogP contribution in [0.3, 0.4) is 0 Å².